The van der Waals surface area contributed by atoms with Gasteiger partial charge >= 0.3 is 0 Å². The second-order valence-corrected chi connectivity index (χ2v) is 3.32. The molecular formula is C8H10N2OS. The van der Waals surface area contributed by atoms with E-state index in [4.69, 9.17) is 5.73 Å². The lowest BCUT2D eigenvalue weighted by atomic mass is 10.2. The fourth-order valence-electron chi connectivity index (χ4n) is 1.00. The summed E-state index contributed by atoms with van der Waals surface area (Å²) in [4.78, 5) is 10.2. The van der Waals surface area contributed by atoms with Crippen LogP contribution in [0.4, 0.5) is 11.4 Å². The van der Waals surface area contributed by atoms with Crippen LogP contribution < -0.4 is 5.73 Å². The summed E-state index contributed by atoms with van der Waals surface area (Å²) in [6, 6.07) is 5.17. The standard InChI is InChI=1S/C8H10N2OS/c1-12-5-6-2-7(9)4-8(3-6)10-11/h2-4H,5,9H2,1H3. The Morgan fingerprint density at radius 3 is 2.83 bits per heavy atom. The van der Waals surface area contributed by atoms with Crippen LogP contribution in [0, 0.1) is 4.91 Å². The van der Waals surface area contributed by atoms with Gasteiger partial charge in [-0.05, 0) is 35.2 Å². The fraction of sp³-hybridized carbons (Fsp3) is 0.250. The predicted octanol–water partition coefficient (Wildman–Crippen LogP) is 2.53. The number of nitroso groups, excluding NO2 is 1. The molecule has 0 heterocycles. The van der Waals surface area contributed by atoms with E-state index < -0.39 is 0 Å². The number of hydrogen-bond acceptors (Lipinski definition) is 4. The molecule has 0 bridgehead atoms. The minimum Gasteiger partial charge on any atom is -0.399 e. The van der Waals surface area contributed by atoms with E-state index in [0.717, 1.165) is 11.3 Å². The van der Waals surface area contributed by atoms with Gasteiger partial charge in [0.15, 0.2) is 0 Å². The molecule has 0 saturated heterocycles. The summed E-state index contributed by atoms with van der Waals surface area (Å²) in [5.41, 5.74) is 7.59. The summed E-state index contributed by atoms with van der Waals surface area (Å²) >= 11 is 1.68. The Morgan fingerprint density at radius 2 is 2.25 bits per heavy atom. The number of rotatable bonds is 3. The fourth-order valence-corrected chi connectivity index (χ4v) is 1.50. The van der Waals surface area contributed by atoms with E-state index in [1.165, 1.54) is 0 Å². The molecule has 12 heavy (non-hydrogen) atoms. The normalized spacial score (nSPS) is 9.75. The zero-order valence-corrected chi connectivity index (χ0v) is 7.60. The molecule has 1 aromatic rings. The van der Waals surface area contributed by atoms with Crippen LogP contribution in [-0.2, 0) is 5.75 Å². The van der Waals surface area contributed by atoms with Crippen molar-refractivity contribution in [2.75, 3.05) is 12.0 Å². The van der Waals surface area contributed by atoms with Gasteiger partial charge in [0.1, 0.15) is 5.69 Å². The highest BCUT2D eigenvalue weighted by molar-refractivity contribution is 7.97. The summed E-state index contributed by atoms with van der Waals surface area (Å²) in [5.74, 6) is 0.855. The van der Waals surface area contributed by atoms with Crippen molar-refractivity contribution in [3.8, 4) is 0 Å². The van der Waals surface area contributed by atoms with Gasteiger partial charge in [0.25, 0.3) is 0 Å². The third kappa shape index (κ3) is 2.23. The number of nitrogens with two attached hydrogens (primary N) is 1. The summed E-state index contributed by atoms with van der Waals surface area (Å²) in [5, 5.41) is 2.84. The van der Waals surface area contributed by atoms with Gasteiger partial charge in [-0.15, -0.1) is 4.91 Å². The minimum absolute atomic E-state index is 0.402. The van der Waals surface area contributed by atoms with Gasteiger partial charge in [-0.1, -0.05) is 0 Å². The molecule has 0 aliphatic carbocycles. The van der Waals surface area contributed by atoms with Crippen molar-refractivity contribution < 1.29 is 0 Å². The summed E-state index contributed by atoms with van der Waals surface area (Å²) in [7, 11) is 0. The number of nitrogen functional groups attached to an aromatic ring is 1. The molecule has 0 aliphatic heterocycles. The van der Waals surface area contributed by atoms with Crippen molar-refractivity contribution in [3.63, 3.8) is 0 Å². The average molecular weight is 182 g/mol. The van der Waals surface area contributed by atoms with E-state index in [9.17, 15) is 4.91 Å². The number of anilines is 1. The highest BCUT2D eigenvalue weighted by atomic mass is 32.2. The molecule has 64 valence electrons. The maximum absolute atomic E-state index is 10.2. The van der Waals surface area contributed by atoms with Crippen LogP contribution in [0.1, 0.15) is 5.56 Å². The number of nitrogens with zero attached hydrogens (tertiary/aromatic N) is 1. The number of hydrogen-bond donors (Lipinski definition) is 1. The minimum atomic E-state index is 0.402. The highest BCUT2D eigenvalue weighted by Gasteiger charge is 1.97. The number of benzene rings is 1. The van der Waals surface area contributed by atoms with Gasteiger partial charge in [-0.2, -0.15) is 11.8 Å². The smallest absolute Gasteiger partial charge is 0.110 e. The molecule has 0 aliphatic rings. The van der Waals surface area contributed by atoms with Gasteiger partial charge in [0.05, 0.1) is 0 Å². The van der Waals surface area contributed by atoms with Crippen LogP contribution >= 0.6 is 11.8 Å². The number of thioether (sulfide) groups is 1. The first-order valence-electron chi connectivity index (χ1n) is 3.48. The zero-order valence-electron chi connectivity index (χ0n) is 6.78. The highest BCUT2D eigenvalue weighted by Crippen LogP contribution is 2.21. The summed E-state index contributed by atoms with van der Waals surface area (Å²) in [6.07, 6.45) is 2.00. The van der Waals surface area contributed by atoms with Crippen molar-refractivity contribution >= 4 is 23.1 Å². The molecule has 4 heteroatoms. The molecular weight excluding hydrogens is 172 g/mol. The van der Waals surface area contributed by atoms with Crippen LogP contribution in [0.2, 0.25) is 0 Å². The predicted molar refractivity (Wildman–Crippen MR) is 53.5 cm³/mol. The lowest BCUT2D eigenvalue weighted by molar-refractivity contribution is 1.38. The Hall–Kier alpha value is -1.03. The van der Waals surface area contributed by atoms with Crippen LogP contribution in [0.15, 0.2) is 23.4 Å². The van der Waals surface area contributed by atoms with E-state index in [1.807, 2.05) is 12.3 Å². The second kappa shape index (κ2) is 4.11. The van der Waals surface area contributed by atoms with Gasteiger partial charge in [0.2, 0.25) is 0 Å². The quantitative estimate of drug-likeness (QED) is 0.577. The Morgan fingerprint density at radius 1 is 1.50 bits per heavy atom. The van der Waals surface area contributed by atoms with E-state index in [1.54, 1.807) is 23.9 Å². The molecule has 0 amide bonds. The largest absolute Gasteiger partial charge is 0.399 e. The Balaban J connectivity index is 2.97. The first-order chi connectivity index (χ1) is 5.76. The molecule has 2 N–H and O–H groups in total. The molecule has 1 aromatic carbocycles. The van der Waals surface area contributed by atoms with Gasteiger partial charge in [-0.3, -0.25) is 0 Å². The second-order valence-electron chi connectivity index (χ2n) is 2.46. The van der Waals surface area contributed by atoms with Crippen molar-refractivity contribution in [2.24, 2.45) is 5.18 Å². The SMILES string of the molecule is CSCc1cc(N)cc(N=O)c1. The van der Waals surface area contributed by atoms with Crippen LogP contribution in [-0.4, -0.2) is 6.26 Å². The molecule has 3 nitrogen and oxygen atoms in total. The summed E-state index contributed by atoms with van der Waals surface area (Å²) < 4.78 is 0. The van der Waals surface area contributed by atoms with Crippen molar-refractivity contribution in [2.45, 2.75) is 5.75 Å². The van der Waals surface area contributed by atoms with E-state index in [0.29, 0.717) is 11.4 Å². The monoisotopic (exact) mass is 182 g/mol. The topological polar surface area (TPSA) is 55.4 Å². The van der Waals surface area contributed by atoms with Crippen molar-refractivity contribution in [1.29, 1.82) is 0 Å². The summed E-state index contributed by atoms with van der Waals surface area (Å²) in [6.45, 7) is 0. The Kier molecular flexibility index (Phi) is 3.10. The van der Waals surface area contributed by atoms with E-state index in [-0.39, 0.29) is 0 Å². The Bertz CT molecular complexity index is 288. The molecule has 0 radical (unpaired) electrons. The van der Waals surface area contributed by atoms with Crippen LogP contribution in [0.3, 0.4) is 0 Å². The van der Waals surface area contributed by atoms with Gasteiger partial charge in [-0.25, -0.2) is 0 Å². The lowest BCUT2D eigenvalue weighted by Crippen LogP contribution is -1.87. The molecule has 0 aromatic heterocycles. The third-order valence-corrected chi connectivity index (χ3v) is 2.04. The molecule has 0 spiro atoms. The Labute approximate surface area is 75.3 Å². The first kappa shape index (κ1) is 9.06. The molecule has 0 unspecified atom stereocenters. The van der Waals surface area contributed by atoms with E-state index >= 15 is 0 Å². The molecule has 1 rings (SSSR count). The van der Waals surface area contributed by atoms with Crippen molar-refractivity contribution in [3.05, 3.63) is 28.7 Å². The molecule has 0 atom stereocenters. The molecule has 0 saturated carbocycles. The first-order valence-corrected chi connectivity index (χ1v) is 4.87. The maximum atomic E-state index is 10.2. The average Bonchev–Trinajstić information content (AvgIpc) is 2.04. The molecule has 0 fully saturated rings. The van der Waals surface area contributed by atoms with Gasteiger partial charge < -0.3 is 5.73 Å². The lowest BCUT2D eigenvalue weighted by Gasteiger charge is -2.00. The maximum Gasteiger partial charge on any atom is 0.110 e. The van der Waals surface area contributed by atoms with E-state index in [2.05, 4.69) is 5.18 Å². The van der Waals surface area contributed by atoms with Crippen molar-refractivity contribution in [1.82, 2.24) is 0 Å². The van der Waals surface area contributed by atoms with Crippen LogP contribution in [0.25, 0.3) is 0 Å². The third-order valence-electron chi connectivity index (χ3n) is 1.42. The zero-order chi connectivity index (χ0) is 8.97. The van der Waals surface area contributed by atoms with Gasteiger partial charge in [0, 0.05) is 11.4 Å². The van der Waals surface area contributed by atoms with Crippen LogP contribution in [0.5, 0.6) is 0 Å².